The fourth-order valence-electron chi connectivity index (χ4n) is 3.15. The zero-order chi connectivity index (χ0) is 19.2. The van der Waals surface area contributed by atoms with Gasteiger partial charge in [-0.05, 0) is 37.1 Å². The van der Waals surface area contributed by atoms with Crippen LogP contribution in [0.2, 0.25) is 0 Å². The van der Waals surface area contributed by atoms with Gasteiger partial charge >= 0.3 is 0 Å². The number of carbonyl (C=O) groups is 1. The Morgan fingerprint density at radius 3 is 2.59 bits per heavy atom. The average molecular weight is 375 g/mol. The second-order valence-electron chi connectivity index (χ2n) is 6.33. The number of hydrogen-bond donors (Lipinski definition) is 2. The molecule has 1 amide bonds. The summed E-state index contributed by atoms with van der Waals surface area (Å²) in [5, 5.41) is 6.16. The minimum atomic E-state index is -0.289. The lowest BCUT2D eigenvalue weighted by Gasteiger charge is -2.19. The Hall–Kier alpha value is -2.74. The molecule has 2 aromatic rings. The number of nitrogens with zero attached hydrogens (tertiary/aromatic N) is 1. The summed E-state index contributed by atoms with van der Waals surface area (Å²) in [6.45, 7) is 2.13. The van der Waals surface area contributed by atoms with Crippen molar-refractivity contribution in [2.75, 3.05) is 34.4 Å². The maximum absolute atomic E-state index is 12.4. The molecule has 146 valence electrons. The molecule has 1 aromatic carbocycles. The van der Waals surface area contributed by atoms with Crippen LogP contribution in [0.5, 0.6) is 17.2 Å². The second-order valence-corrected chi connectivity index (χ2v) is 6.33. The number of ether oxygens (including phenoxy) is 3. The molecule has 0 aliphatic carbocycles. The van der Waals surface area contributed by atoms with Crippen LogP contribution in [0, 0.1) is 0 Å². The standard InChI is InChI=1S/C19H25N3O5/c1-24-15-7-12(8-16(25-2)17(15)26-3)9-21-18(23)14-11-27-19(22-14)13-5-4-6-20-10-13/h7-8,11,13,20H,4-6,9-10H2,1-3H3,(H,21,23). The number of hydrogen-bond acceptors (Lipinski definition) is 7. The van der Waals surface area contributed by atoms with Gasteiger partial charge in [0.15, 0.2) is 23.1 Å². The topological polar surface area (TPSA) is 94.9 Å². The molecule has 0 radical (unpaired) electrons. The number of oxazole rings is 1. The van der Waals surface area contributed by atoms with E-state index in [0.717, 1.165) is 31.5 Å². The van der Waals surface area contributed by atoms with Gasteiger partial charge in [0.25, 0.3) is 5.91 Å². The normalized spacial score (nSPS) is 16.6. The summed E-state index contributed by atoms with van der Waals surface area (Å²) < 4.78 is 21.5. The smallest absolute Gasteiger partial charge is 0.273 e. The van der Waals surface area contributed by atoms with Crippen molar-refractivity contribution in [3.63, 3.8) is 0 Å². The van der Waals surface area contributed by atoms with Crippen molar-refractivity contribution in [1.82, 2.24) is 15.6 Å². The summed E-state index contributed by atoms with van der Waals surface area (Å²) >= 11 is 0. The fraction of sp³-hybridized carbons (Fsp3) is 0.474. The van der Waals surface area contributed by atoms with Crippen molar-refractivity contribution in [2.45, 2.75) is 25.3 Å². The molecule has 1 atom stereocenters. The number of methoxy groups -OCH3 is 3. The van der Waals surface area contributed by atoms with E-state index in [0.29, 0.717) is 29.7 Å². The number of carbonyl (C=O) groups excluding carboxylic acids is 1. The SMILES string of the molecule is COc1cc(CNC(=O)c2coc(C3CCCNC3)n2)cc(OC)c1OC. The summed E-state index contributed by atoms with van der Waals surface area (Å²) in [7, 11) is 4.65. The highest BCUT2D eigenvalue weighted by Crippen LogP contribution is 2.38. The molecule has 1 aliphatic heterocycles. The van der Waals surface area contributed by atoms with E-state index in [9.17, 15) is 4.79 Å². The summed E-state index contributed by atoms with van der Waals surface area (Å²) in [6.07, 6.45) is 3.50. The fourth-order valence-corrected chi connectivity index (χ4v) is 3.15. The number of aromatic nitrogens is 1. The molecule has 1 aromatic heterocycles. The van der Waals surface area contributed by atoms with E-state index < -0.39 is 0 Å². The van der Waals surface area contributed by atoms with E-state index in [4.69, 9.17) is 18.6 Å². The van der Waals surface area contributed by atoms with E-state index >= 15 is 0 Å². The van der Waals surface area contributed by atoms with E-state index in [2.05, 4.69) is 15.6 Å². The number of rotatable bonds is 7. The van der Waals surface area contributed by atoms with Gasteiger partial charge in [-0.3, -0.25) is 4.79 Å². The van der Waals surface area contributed by atoms with Crippen molar-refractivity contribution >= 4 is 5.91 Å². The molecular formula is C19H25N3O5. The zero-order valence-electron chi connectivity index (χ0n) is 15.8. The Morgan fingerprint density at radius 1 is 1.26 bits per heavy atom. The van der Waals surface area contributed by atoms with Crippen LogP contribution in [0.25, 0.3) is 0 Å². The molecule has 8 nitrogen and oxygen atoms in total. The Bertz CT molecular complexity index is 758. The molecule has 3 rings (SSSR count). The van der Waals surface area contributed by atoms with Crippen molar-refractivity contribution < 1.29 is 23.4 Å². The summed E-state index contributed by atoms with van der Waals surface area (Å²) in [6, 6.07) is 3.59. The number of benzene rings is 1. The van der Waals surface area contributed by atoms with E-state index in [-0.39, 0.29) is 17.5 Å². The van der Waals surface area contributed by atoms with Crippen molar-refractivity contribution in [3.8, 4) is 17.2 Å². The average Bonchev–Trinajstić information content (AvgIpc) is 3.22. The highest BCUT2D eigenvalue weighted by atomic mass is 16.5. The van der Waals surface area contributed by atoms with Gasteiger partial charge in [0.05, 0.1) is 21.3 Å². The molecule has 8 heteroatoms. The predicted octanol–water partition coefficient (Wildman–Crippen LogP) is 2.10. The highest BCUT2D eigenvalue weighted by molar-refractivity contribution is 5.91. The monoisotopic (exact) mass is 375 g/mol. The second kappa shape index (κ2) is 8.77. The molecule has 0 bridgehead atoms. The molecule has 0 saturated carbocycles. The van der Waals surface area contributed by atoms with Crippen LogP contribution in [0.4, 0.5) is 0 Å². The minimum absolute atomic E-state index is 0.218. The number of nitrogens with one attached hydrogen (secondary N) is 2. The van der Waals surface area contributed by atoms with Crippen molar-refractivity contribution in [2.24, 2.45) is 0 Å². The molecular weight excluding hydrogens is 350 g/mol. The van der Waals surface area contributed by atoms with Crippen LogP contribution in [0.3, 0.4) is 0 Å². The molecule has 1 aliphatic rings. The lowest BCUT2D eigenvalue weighted by molar-refractivity contribution is 0.0945. The Kier molecular flexibility index (Phi) is 6.18. The summed E-state index contributed by atoms with van der Waals surface area (Å²) in [5.74, 6) is 2.12. The molecule has 27 heavy (non-hydrogen) atoms. The van der Waals surface area contributed by atoms with Gasteiger partial charge in [0.1, 0.15) is 6.26 Å². The van der Waals surface area contributed by atoms with Crippen LogP contribution in [0.1, 0.15) is 40.7 Å². The largest absolute Gasteiger partial charge is 0.493 e. The van der Waals surface area contributed by atoms with Gasteiger partial charge in [-0.2, -0.15) is 0 Å². The van der Waals surface area contributed by atoms with Crippen LogP contribution < -0.4 is 24.8 Å². The quantitative estimate of drug-likeness (QED) is 0.765. The zero-order valence-corrected chi connectivity index (χ0v) is 15.8. The van der Waals surface area contributed by atoms with Gasteiger partial charge < -0.3 is 29.3 Å². The molecule has 1 fully saturated rings. The van der Waals surface area contributed by atoms with Crippen LogP contribution in [-0.2, 0) is 6.54 Å². The van der Waals surface area contributed by atoms with Gasteiger partial charge in [0, 0.05) is 19.0 Å². The third kappa shape index (κ3) is 4.33. The molecule has 1 saturated heterocycles. The number of amides is 1. The lowest BCUT2D eigenvalue weighted by atomic mass is 10.00. The minimum Gasteiger partial charge on any atom is -0.493 e. The van der Waals surface area contributed by atoms with E-state index in [1.807, 2.05) is 0 Å². The summed E-state index contributed by atoms with van der Waals surface area (Å²) in [4.78, 5) is 16.8. The summed E-state index contributed by atoms with van der Waals surface area (Å²) in [5.41, 5.74) is 1.10. The van der Waals surface area contributed by atoms with Crippen molar-refractivity contribution in [3.05, 3.63) is 35.5 Å². The number of piperidine rings is 1. The first-order chi connectivity index (χ1) is 13.2. The van der Waals surface area contributed by atoms with Crippen LogP contribution >= 0.6 is 0 Å². The van der Waals surface area contributed by atoms with E-state index in [1.165, 1.54) is 6.26 Å². The van der Waals surface area contributed by atoms with Gasteiger partial charge in [-0.1, -0.05) is 0 Å². The maximum atomic E-state index is 12.4. The molecule has 2 N–H and O–H groups in total. The lowest BCUT2D eigenvalue weighted by Crippen LogP contribution is -2.28. The van der Waals surface area contributed by atoms with E-state index in [1.54, 1.807) is 33.5 Å². The third-order valence-corrected chi connectivity index (χ3v) is 4.58. The Labute approximate surface area is 158 Å². The molecule has 1 unspecified atom stereocenters. The van der Waals surface area contributed by atoms with Gasteiger partial charge in [-0.15, -0.1) is 0 Å². The highest BCUT2D eigenvalue weighted by Gasteiger charge is 2.22. The first-order valence-corrected chi connectivity index (χ1v) is 8.89. The van der Waals surface area contributed by atoms with Gasteiger partial charge in [0.2, 0.25) is 5.75 Å². The van der Waals surface area contributed by atoms with Crippen LogP contribution in [0.15, 0.2) is 22.8 Å². The predicted molar refractivity (Wildman–Crippen MR) is 98.6 cm³/mol. The molecule has 2 heterocycles. The third-order valence-electron chi connectivity index (χ3n) is 4.58. The Balaban J connectivity index is 1.66. The van der Waals surface area contributed by atoms with Crippen molar-refractivity contribution in [1.29, 1.82) is 0 Å². The first kappa shape index (κ1) is 19.0. The van der Waals surface area contributed by atoms with Gasteiger partial charge in [-0.25, -0.2) is 4.98 Å². The maximum Gasteiger partial charge on any atom is 0.273 e. The Morgan fingerprint density at radius 2 is 2.00 bits per heavy atom. The first-order valence-electron chi connectivity index (χ1n) is 8.89. The molecule has 0 spiro atoms. The van der Waals surface area contributed by atoms with Crippen LogP contribution in [-0.4, -0.2) is 45.3 Å².